The maximum atomic E-state index is 13.7. The summed E-state index contributed by atoms with van der Waals surface area (Å²) in [5.41, 5.74) is -0.909. The number of nitrogens with one attached hydrogen (secondary N) is 1. The van der Waals surface area contributed by atoms with E-state index < -0.39 is 23.5 Å². The van der Waals surface area contributed by atoms with Crippen LogP contribution >= 0.6 is 0 Å². The van der Waals surface area contributed by atoms with Crippen LogP contribution < -0.4 is 5.32 Å². The lowest BCUT2D eigenvalue weighted by atomic mass is 10.0. The zero-order valence-corrected chi connectivity index (χ0v) is 22.9. The van der Waals surface area contributed by atoms with Crippen LogP contribution in [0.1, 0.15) is 49.7 Å². The number of nitrogens with zero attached hydrogens (tertiary/aromatic N) is 4. The Bertz CT molecular complexity index is 1530. The normalized spacial score (nSPS) is 16.1. The summed E-state index contributed by atoms with van der Waals surface area (Å²) in [6.45, 7) is 6.05. The second-order valence-corrected chi connectivity index (χ2v) is 10.1. The van der Waals surface area contributed by atoms with Gasteiger partial charge in [-0.15, -0.1) is 0 Å². The van der Waals surface area contributed by atoms with Gasteiger partial charge in [0.2, 0.25) is 0 Å². The Balaban J connectivity index is 1.55. The van der Waals surface area contributed by atoms with Crippen LogP contribution in [0.25, 0.3) is 22.2 Å². The van der Waals surface area contributed by atoms with E-state index in [2.05, 4.69) is 15.2 Å². The number of benzene rings is 2. The first-order valence-electron chi connectivity index (χ1n) is 13.6. The predicted octanol–water partition coefficient (Wildman–Crippen LogP) is 8.03. The van der Waals surface area contributed by atoms with Gasteiger partial charge in [0, 0.05) is 42.5 Å². The van der Waals surface area contributed by atoms with E-state index in [1.165, 1.54) is 36.5 Å². The highest BCUT2D eigenvalue weighted by Gasteiger charge is 2.34. The highest BCUT2D eigenvalue weighted by Crippen LogP contribution is 2.38. The Morgan fingerprint density at radius 2 is 1.67 bits per heavy atom. The van der Waals surface area contributed by atoms with Gasteiger partial charge < -0.3 is 10.1 Å². The van der Waals surface area contributed by atoms with Crippen molar-refractivity contribution in [3.05, 3.63) is 77.7 Å². The Morgan fingerprint density at radius 3 is 2.31 bits per heavy atom. The van der Waals surface area contributed by atoms with Crippen LogP contribution in [0, 0.1) is 0 Å². The molecule has 4 aromatic rings. The first-order valence-corrected chi connectivity index (χ1v) is 13.6. The summed E-state index contributed by atoms with van der Waals surface area (Å²) in [7, 11) is 0. The molecule has 0 amide bonds. The van der Waals surface area contributed by atoms with Crippen molar-refractivity contribution in [3.63, 3.8) is 0 Å². The van der Waals surface area contributed by atoms with Gasteiger partial charge in [-0.25, -0.2) is 9.97 Å². The zero-order valence-electron chi connectivity index (χ0n) is 22.9. The second-order valence-electron chi connectivity index (χ2n) is 10.1. The summed E-state index contributed by atoms with van der Waals surface area (Å²) in [6, 6.07) is 11.1. The number of fused-ring (bicyclic) bond motifs is 1. The number of pyridine rings is 1. The Labute approximate surface area is 238 Å². The molecule has 1 atom stereocenters. The minimum atomic E-state index is -4.60. The van der Waals surface area contributed by atoms with Crippen molar-refractivity contribution in [1.82, 2.24) is 19.9 Å². The summed E-state index contributed by atoms with van der Waals surface area (Å²) >= 11 is 0. The van der Waals surface area contributed by atoms with Crippen LogP contribution in [-0.4, -0.2) is 45.7 Å². The van der Waals surface area contributed by atoms with E-state index in [0.29, 0.717) is 34.8 Å². The lowest BCUT2D eigenvalue weighted by Crippen LogP contribution is -2.39. The van der Waals surface area contributed by atoms with Crippen LogP contribution in [0.5, 0.6) is 0 Å². The van der Waals surface area contributed by atoms with Gasteiger partial charge in [-0.3, -0.25) is 9.88 Å². The smallest absolute Gasteiger partial charge is 0.378 e. The van der Waals surface area contributed by atoms with E-state index >= 15 is 0 Å². The third-order valence-corrected chi connectivity index (χ3v) is 7.38. The number of hydrogen-bond acceptors (Lipinski definition) is 6. The molecular weight excluding hydrogens is 560 g/mol. The molecule has 1 N–H and O–H groups in total. The summed E-state index contributed by atoms with van der Waals surface area (Å²) in [5.74, 6) is 0.760. The van der Waals surface area contributed by atoms with Crippen LogP contribution in [0.2, 0.25) is 0 Å². The molecule has 0 bridgehead atoms. The monoisotopic (exact) mass is 589 g/mol. The molecule has 2 aromatic heterocycles. The van der Waals surface area contributed by atoms with Gasteiger partial charge >= 0.3 is 12.4 Å². The van der Waals surface area contributed by atoms with E-state index in [-0.39, 0.29) is 23.4 Å². The second kappa shape index (κ2) is 11.8. The molecule has 1 aliphatic heterocycles. The molecule has 222 valence electrons. The molecule has 1 aliphatic rings. The molecule has 1 unspecified atom stereocenters. The molecule has 6 nitrogen and oxygen atoms in total. The quantitative estimate of drug-likeness (QED) is 0.220. The summed E-state index contributed by atoms with van der Waals surface area (Å²) in [6.07, 6.45) is -5.93. The largest absolute Gasteiger partial charge is 0.418 e. The molecule has 0 saturated carbocycles. The highest BCUT2D eigenvalue weighted by molar-refractivity contribution is 5.93. The molecule has 0 radical (unpaired) electrons. The summed E-state index contributed by atoms with van der Waals surface area (Å²) < 4.78 is 86.3. The number of rotatable bonds is 7. The topological polar surface area (TPSA) is 63.2 Å². The zero-order chi connectivity index (χ0) is 30.1. The Hall–Kier alpha value is -3.77. The molecule has 42 heavy (non-hydrogen) atoms. The highest BCUT2D eigenvalue weighted by atomic mass is 19.4. The first-order chi connectivity index (χ1) is 19.9. The van der Waals surface area contributed by atoms with Crippen LogP contribution in [0.15, 0.2) is 60.8 Å². The number of ether oxygens (including phenoxy) is 1. The molecule has 12 heteroatoms. The van der Waals surface area contributed by atoms with Crippen LogP contribution in [0.3, 0.4) is 0 Å². The minimum Gasteiger partial charge on any atom is -0.378 e. The van der Waals surface area contributed by atoms with Crippen molar-refractivity contribution in [2.75, 3.05) is 25.0 Å². The molecule has 1 saturated heterocycles. The fraction of sp³-hybridized carbons (Fsp3) is 0.367. The van der Waals surface area contributed by atoms with E-state index in [4.69, 9.17) is 14.7 Å². The number of hydrogen-bond donors (Lipinski definition) is 1. The lowest BCUT2D eigenvalue weighted by Gasteiger charge is -2.35. The van der Waals surface area contributed by atoms with E-state index in [1.54, 1.807) is 6.07 Å². The van der Waals surface area contributed by atoms with Crippen molar-refractivity contribution < 1.29 is 31.1 Å². The van der Waals surface area contributed by atoms with Crippen molar-refractivity contribution in [3.8, 4) is 11.3 Å². The van der Waals surface area contributed by atoms with E-state index in [1.807, 2.05) is 13.8 Å². The molecular formula is C30H29F6N5O. The maximum absolute atomic E-state index is 13.7. The van der Waals surface area contributed by atoms with Gasteiger partial charge in [-0.2, -0.15) is 26.3 Å². The van der Waals surface area contributed by atoms with Gasteiger partial charge in [0.15, 0.2) is 0 Å². The molecule has 2 aromatic carbocycles. The standard InChI is InChI=1S/C30H29F6N5O/c1-3-42-22-12-15-41(16-13-22)18(2)27-39-25-17-19(26-24(30(34,35)36)5-4-14-37-26)6-11-23(25)28(40-27)38-21-9-7-20(8-10-21)29(31,32)33/h4-11,14,17-18,22H,3,12-13,15-16H2,1-2H3,(H,38,39,40). The summed E-state index contributed by atoms with van der Waals surface area (Å²) in [5, 5.41) is 3.58. The van der Waals surface area contributed by atoms with E-state index in [0.717, 1.165) is 44.1 Å². The molecule has 0 spiro atoms. The van der Waals surface area contributed by atoms with Gasteiger partial charge in [0.1, 0.15) is 11.6 Å². The number of likely N-dealkylation sites (tertiary alicyclic amines) is 1. The summed E-state index contributed by atoms with van der Waals surface area (Å²) in [4.78, 5) is 15.7. The minimum absolute atomic E-state index is 0.177. The Morgan fingerprint density at radius 1 is 0.952 bits per heavy atom. The number of alkyl halides is 6. The average molecular weight is 590 g/mol. The first kappa shape index (κ1) is 29.7. The average Bonchev–Trinajstić information content (AvgIpc) is 2.96. The SMILES string of the molecule is CCOC1CCN(C(C)c2nc(Nc3ccc(C(F)(F)F)cc3)c3ccc(-c4ncccc4C(F)(F)F)cc3n2)CC1. The predicted molar refractivity (Wildman–Crippen MR) is 147 cm³/mol. The van der Waals surface area contributed by atoms with Crippen LogP contribution in [-0.2, 0) is 17.1 Å². The maximum Gasteiger partial charge on any atom is 0.418 e. The van der Waals surface area contributed by atoms with Crippen molar-refractivity contribution in [2.24, 2.45) is 0 Å². The fourth-order valence-electron chi connectivity index (χ4n) is 5.15. The fourth-order valence-corrected chi connectivity index (χ4v) is 5.15. The van der Waals surface area contributed by atoms with Gasteiger partial charge in [0.25, 0.3) is 0 Å². The molecule has 0 aliphatic carbocycles. The molecule has 1 fully saturated rings. The van der Waals surface area contributed by atoms with Crippen LogP contribution in [0.4, 0.5) is 37.8 Å². The number of halogens is 6. The number of aromatic nitrogens is 3. The number of anilines is 2. The lowest BCUT2D eigenvalue weighted by molar-refractivity contribution is -0.138. The molecule has 3 heterocycles. The molecule has 5 rings (SSSR count). The van der Waals surface area contributed by atoms with Crippen molar-refractivity contribution >= 4 is 22.4 Å². The number of piperidine rings is 1. The Kier molecular flexibility index (Phi) is 8.38. The van der Waals surface area contributed by atoms with Crippen molar-refractivity contribution in [2.45, 2.75) is 51.2 Å². The van der Waals surface area contributed by atoms with E-state index in [9.17, 15) is 26.3 Å². The van der Waals surface area contributed by atoms with Gasteiger partial charge in [-0.05, 0) is 75.2 Å². The van der Waals surface area contributed by atoms with Gasteiger partial charge in [-0.1, -0.05) is 6.07 Å². The van der Waals surface area contributed by atoms with Crippen molar-refractivity contribution in [1.29, 1.82) is 0 Å². The third kappa shape index (κ3) is 6.49. The third-order valence-electron chi connectivity index (χ3n) is 7.38. The van der Waals surface area contributed by atoms with Gasteiger partial charge in [0.05, 0.1) is 34.5 Å².